The molecule has 6 heteroatoms. The van der Waals surface area contributed by atoms with Crippen LogP contribution >= 0.6 is 0 Å². The third kappa shape index (κ3) is 3.59. The fourth-order valence-corrected chi connectivity index (χ4v) is 3.80. The van der Waals surface area contributed by atoms with Crippen molar-refractivity contribution in [3.8, 4) is 0 Å². The van der Waals surface area contributed by atoms with E-state index >= 15 is 0 Å². The lowest BCUT2D eigenvalue weighted by molar-refractivity contribution is 0.102. The van der Waals surface area contributed by atoms with Gasteiger partial charge in [-0.15, -0.1) is 0 Å². The summed E-state index contributed by atoms with van der Waals surface area (Å²) < 4.78 is 5.29. The summed E-state index contributed by atoms with van der Waals surface area (Å²) >= 11 is 0. The molecule has 0 radical (unpaired) electrons. The zero-order chi connectivity index (χ0) is 21.2. The fraction of sp³-hybridized carbons (Fsp3) is 0.0800. The highest BCUT2D eigenvalue weighted by molar-refractivity contribution is 6.08. The number of hydrogen-bond donors (Lipinski definition) is 1. The molecule has 0 aliphatic carbocycles. The number of ether oxygens (including phenoxy) is 1. The van der Waals surface area contributed by atoms with E-state index in [1.807, 2.05) is 60.7 Å². The summed E-state index contributed by atoms with van der Waals surface area (Å²) in [6, 6.07) is 26.0. The van der Waals surface area contributed by atoms with E-state index in [1.54, 1.807) is 35.4 Å². The molecule has 1 aromatic heterocycles. The number of hydrogen-bond acceptors (Lipinski definition) is 4. The summed E-state index contributed by atoms with van der Waals surface area (Å²) in [5, 5.41) is 3.88. The summed E-state index contributed by atoms with van der Waals surface area (Å²) in [6.07, 6.45) is 1.30. The molecule has 31 heavy (non-hydrogen) atoms. The molecule has 0 bridgehead atoms. The van der Waals surface area contributed by atoms with Crippen LogP contribution in [0.2, 0.25) is 0 Å². The number of anilines is 2. The third-order valence-electron chi connectivity index (χ3n) is 5.35. The molecule has 1 atom stereocenters. The minimum atomic E-state index is -0.395. The smallest absolute Gasteiger partial charge is 0.415 e. The van der Waals surface area contributed by atoms with Gasteiger partial charge < -0.3 is 10.1 Å². The van der Waals surface area contributed by atoms with Crippen molar-refractivity contribution in [1.82, 2.24) is 4.98 Å². The number of pyridine rings is 1. The van der Waals surface area contributed by atoms with Crippen LogP contribution in [0.3, 0.4) is 0 Å². The van der Waals surface area contributed by atoms with Crippen LogP contribution in [0.25, 0.3) is 10.9 Å². The summed E-state index contributed by atoms with van der Waals surface area (Å²) in [4.78, 5) is 31.1. The van der Waals surface area contributed by atoms with Crippen LogP contribution in [0.5, 0.6) is 0 Å². The Bertz CT molecular complexity index is 1250. The predicted molar refractivity (Wildman–Crippen MR) is 119 cm³/mol. The van der Waals surface area contributed by atoms with Crippen molar-refractivity contribution in [3.05, 3.63) is 102 Å². The Kier molecular flexibility index (Phi) is 4.80. The minimum absolute atomic E-state index is 0.199. The molecule has 4 aromatic rings. The van der Waals surface area contributed by atoms with Gasteiger partial charge in [0.1, 0.15) is 6.61 Å². The monoisotopic (exact) mass is 409 g/mol. The molecule has 0 unspecified atom stereocenters. The zero-order valence-corrected chi connectivity index (χ0v) is 16.6. The van der Waals surface area contributed by atoms with E-state index in [0.717, 1.165) is 16.5 Å². The zero-order valence-electron chi connectivity index (χ0n) is 16.6. The first-order chi connectivity index (χ1) is 15.2. The predicted octanol–water partition coefficient (Wildman–Crippen LogP) is 5.19. The first kappa shape index (κ1) is 18.8. The molecule has 0 spiro atoms. The number of fused-ring (bicyclic) bond motifs is 1. The second kappa shape index (κ2) is 7.91. The van der Waals surface area contributed by atoms with Gasteiger partial charge in [-0.2, -0.15) is 0 Å². The molecular weight excluding hydrogens is 390 g/mol. The summed E-state index contributed by atoms with van der Waals surface area (Å²) in [6.45, 7) is 0.291. The number of carbonyl (C=O) groups is 2. The molecule has 1 aliphatic rings. The SMILES string of the molecule is O=C(Nc1cccc2cccnc12)c1ccc(N2C(=O)OC[C@@H]2c2ccccc2)cc1. The molecule has 2 amide bonds. The van der Waals surface area contributed by atoms with Crippen molar-refractivity contribution in [3.63, 3.8) is 0 Å². The van der Waals surface area contributed by atoms with Crippen LogP contribution in [-0.4, -0.2) is 23.6 Å². The molecule has 152 valence electrons. The van der Waals surface area contributed by atoms with Gasteiger partial charge in [-0.05, 0) is 42.0 Å². The Morgan fingerprint density at radius 2 is 1.71 bits per heavy atom. The van der Waals surface area contributed by atoms with Gasteiger partial charge in [0, 0.05) is 22.8 Å². The minimum Gasteiger partial charge on any atom is -0.447 e. The first-order valence-electron chi connectivity index (χ1n) is 9.97. The third-order valence-corrected chi connectivity index (χ3v) is 5.35. The molecule has 5 rings (SSSR count). The van der Waals surface area contributed by atoms with E-state index in [4.69, 9.17) is 4.74 Å². The van der Waals surface area contributed by atoms with E-state index in [1.165, 1.54) is 0 Å². The van der Waals surface area contributed by atoms with Crippen LogP contribution in [-0.2, 0) is 4.74 Å². The van der Waals surface area contributed by atoms with Crippen molar-refractivity contribution in [2.75, 3.05) is 16.8 Å². The Hall–Kier alpha value is -4.19. The average molecular weight is 409 g/mol. The van der Waals surface area contributed by atoms with Gasteiger partial charge in [0.15, 0.2) is 0 Å². The highest BCUT2D eigenvalue weighted by Crippen LogP contribution is 2.33. The number of carbonyl (C=O) groups excluding carboxylic acids is 2. The maximum absolute atomic E-state index is 12.8. The van der Waals surface area contributed by atoms with E-state index in [9.17, 15) is 9.59 Å². The van der Waals surface area contributed by atoms with Crippen LogP contribution in [0.4, 0.5) is 16.2 Å². The Balaban J connectivity index is 1.38. The fourth-order valence-electron chi connectivity index (χ4n) is 3.80. The Morgan fingerprint density at radius 1 is 0.935 bits per heavy atom. The summed E-state index contributed by atoms with van der Waals surface area (Å²) in [5.41, 5.74) is 3.55. The summed E-state index contributed by atoms with van der Waals surface area (Å²) in [7, 11) is 0. The molecule has 1 aliphatic heterocycles. The number of rotatable bonds is 4. The molecule has 0 saturated carbocycles. The Labute approximate surface area is 179 Å². The molecule has 1 fully saturated rings. The number of benzene rings is 3. The van der Waals surface area contributed by atoms with E-state index < -0.39 is 6.09 Å². The van der Waals surface area contributed by atoms with Gasteiger partial charge in [0.2, 0.25) is 0 Å². The quantitative estimate of drug-likeness (QED) is 0.504. The summed E-state index contributed by atoms with van der Waals surface area (Å²) in [5.74, 6) is -0.242. The lowest BCUT2D eigenvalue weighted by Gasteiger charge is -2.22. The number of nitrogens with zero attached hydrogens (tertiary/aromatic N) is 2. The normalized spacial score (nSPS) is 15.7. The maximum Gasteiger partial charge on any atom is 0.415 e. The van der Waals surface area contributed by atoms with Gasteiger partial charge in [-0.25, -0.2) is 4.79 Å². The van der Waals surface area contributed by atoms with Crippen molar-refractivity contribution in [2.45, 2.75) is 6.04 Å². The van der Waals surface area contributed by atoms with Crippen molar-refractivity contribution in [2.24, 2.45) is 0 Å². The number of para-hydroxylation sites is 1. The number of cyclic esters (lactones) is 1. The van der Waals surface area contributed by atoms with Gasteiger partial charge in [0.25, 0.3) is 5.91 Å². The molecular formula is C25H19N3O3. The van der Waals surface area contributed by atoms with E-state index in [0.29, 0.717) is 23.5 Å². The molecule has 6 nitrogen and oxygen atoms in total. The highest BCUT2D eigenvalue weighted by atomic mass is 16.6. The number of aromatic nitrogens is 1. The number of nitrogens with one attached hydrogen (secondary N) is 1. The highest BCUT2D eigenvalue weighted by Gasteiger charge is 2.35. The molecule has 2 heterocycles. The van der Waals surface area contributed by atoms with Gasteiger partial charge >= 0.3 is 6.09 Å². The van der Waals surface area contributed by atoms with E-state index in [2.05, 4.69) is 10.3 Å². The van der Waals surface area contributed by atoms with Crippen LogP contribution in [0, 0.1) is 0 Å². The Morgan fingerprint density at radius 3 is 2.52 bits per heavy atom. The van der Waals surface area contributed by atoms with Crippen LogP contribution in [0.15, 0.2) is 91.1 Å². The van der Waals surface area contributed by atoms with E-state index in [-0.39, 0.29) is 11.9 Å². The standard InChI is InChI=1S/C25H19N3O3/c29-24(27-21-10-4-8-18-9-5-15-26-23(18)21)19-11-13-20(14-12-19)28-22(16-31-25(28)30)17-6-2-1-3-7-17/h1-15,22H,16H2,(H,27,29)/t22-/m1/s1. The van der Waals surface area contributed by atoms with Gasteiger partial charge in [-0.1, -0.05) is 48.5 Å². The molecule has 1 saturated heterocycles. The maximum atomic E-state index is 12.8. The average Bonchev–Trinajstić information content (AvgIpc) is 3.21. The topological polar surface area (TPSA) is 71.5 Å². The van der Waals surface area contributed by atoms with Crippen LogP contribution in [0.1, 0.15) is 22.0 Å². The van der Waals surface area contributed by atoms with Gasteiger partial charge in [0.05, 0.1) is 17.2 Å². The lowest BCUT2D eigenvalue weighted by atomic mass is 10.1. The lowest BCUT2D eigenvalue weighted by Crippen LogP contribution is -2.27. The second-order valence-corrected chi connectivity index (χ2v) is 7.26. The molecule has 3 aromatic carbocycles. The van der Waals surface area contributed by atoms with Crippen LogP contribution < -0.4 is 10.2 Å². The van der Waals surface area contributed by atoms with Gasteiger partial charge in [-0.3, -0.25) is 14.7 Å². The van der Waals surface area contributed by atoms with Crippen molar-refractivity contribution >= 4 is 34.3 Å². The molecule has 1 N–H and O–H groups in total. The first-order valence-corrected chi connectivity index (χ1v) is 9.97. The second-order valence-electron chi connectivity index (χ2n) is 7.26. The van der Waals surface area contributed by atoms with Crippen molar-refractivity contribution < 1.29 is 14.3 Å². The number of amides is 2. The largest absolute Gasteiger partial charge is 0.447 e. The van der Waals surface area contributed by atoms with Crippen molar-refractivity contribution in [1.29, 1.82) is 0 Å².